The summed E-state index contributed by atoms with van der Waals surface area (Å²) in [5, 5.41) is 0.692. The van der Waals surface area contributed by atoms with Crippen molar-refractivity contribution in [3.63, 3.8) is 0 Å². The molecule has 0 unspecified atom stereocenters. The van der Waals surface area contributed by atoms with Crippen molar-refractivity contribution in [1.29, 1.82) is 0 Å². The molecule has 0 fully saturated rings. The summed E-state index contributed by atoms with van der Waals surface area (Å²) in [6.07, 6.45) is 3.90. The maximum Gasteiger partial charge on any atom is 0.344 e. The van der Waals surface area contributed by atoms with Crippen molar-refractivity contribution in [2.75, 3.05) is 7.11 Å². The first kappa shape index (κ1) is 12.6. The van der Waals surface area contributed by atoms with Gasteiger partial charge in [-0.3, -0.25) is 0 Å². The third kappa shape index (κ3) is 2.54. The first-order valence-corrected chi connectivity index (χ1v) is 5.89. The van der Waals surface area contributed by atoms with Crippen molar-refractivity contribution in [3.8, 4) is 0 Å². The van der Waals surface area contributed by atoms with Crippen LogP contribution in [-0.2, 0) is 18.8 Å². The molecule has 0 atom stereocenters. The SMILES string of the molecule is CO/C(=N\c1ccc(Cl)cc1)c1n(C)cc[n+]1C. The Kier molecular flexibility index (Phi) is 3.67. The normalized spacial score (nSPS) is 11.7. The first-order valence-electron chi connectivity index (χ1n) is 5.51. The molecule has 1 aromatic heterocycles. The summed E-state index contributed by atoms with van der Waals surface area (Å²) in [7, 11) is 5.51. The molecule has 0 saturated carbocycles. The average molecular weight is 265 g/mol. The van der Waals surface area contributed by atoms with Crippen LogP contribution in [0.5, 0.6) is 0 Å². The van der Waals surface area contributed by atoms with E-state index in [1.165, 1.54) is 0 Å². The van der Waals surface area contributed by atoms with Gasteiger partial charge in [-0.05, 0) is 24.3 Å². The maximum absolute atomic E-state index is 5.84. The van der Waals surface area contributed by atoms with Gasteiger partial charge in [-0.1, -0.05) is 11.6 Å². The lowest BCUT2D eigenvalue weighted by Crippen LogP contribution is -2.35. The number of methoxy groups -OCH3 is 1. The molecule has 0 aliphatic carbocycles. The molecule has 0 bridgehead atoms. The predicted octanol–water partition coefficient (Wildman–Crippen LogP) is 2.23. The van der Waals surface area contributed by atoms with Gasteiger partial charge in [-0.15, -0.1) is 0 Å². The lowest BCUT2D eigenvalue weighted by Gasteiger charge is -2.02. The minimum absolute atomic E-state index is 0.562. The summed E-state index contributed by atoms with van der Waals surface area (Å²) in [4.78, 5) is 4.48. The highest BCUT2D eigenvalue weighted by Gasteiger charge is 2.19. The lowest BCUT2D eigenvalue weighted by atomic mass is 10.3. The molecular weight excluding hydrogens is 250 g/mol. The summed E-state index contributed by atoms with van der Waals surface area (Å²) < 4.78 is 9.28. The van der Waals surface area contributed by atoms with Crippen molar-refractivity contribution >= 4 is 23.2 Å². The van der Waals surface area contributed by atoms with Gasteiger partial charge in [0.2, 0.25) is 0 Å². The second kappa shape index (κ2) is 5.23. The van der Waals surface area contributed by atoms with Gasteiger partial charge in [0.1, 0.15) is 12.4 Å². The van der Waals surface area contributed by atoms with Crippen molar-refractivity contribution < 1.29 is 9.30 Å². The van der Waals surface area contributed by atoms with Crippen LogP contribution in [0.4, 0.5) is 5.69 Å². The van der Waals surface area contributed by atoms with Crippen LogP contribution in [0.2, 0.25) is 5.02 Å². The Morgan fingerprint density at radius 3 is 2.50 bits per heavy atom. The molecule has 18 heavy (non-hydrogen) atoms. The molecule has 2 rings (SSSR count). The molecular formula is C13H15ClN3O+. The first-order chi connectivity index (χ1) is 8.61. The monoisotopic (exact) mass is 264 g/mol. The van der Waals surface area contributed by atoms with Crippen LogP contribution in [0.25, 0.3) is 0 Å². The molecule has 0 saturated heterocycles. The minimum Gasteiger partial charge on any atom is -0.475 e. The second-order valence-corrected chi connectivity index (χ2v) is 4.38. The molecule has 94 valence electrons. The fourth-order valence-corrected chi connectivity index (χ4v) is 1.84. The summed E-state index contributed by atoms with van der Waals surface area (Å²) in [5.41, 5.74) is 0.803. The molecule has 0 amide bonds. The molecule has 0 radical (unpaired) electrons. The van der Waals surface area contributed by atoms with Gasteiger partial charge < -0.3 is 4.74 Å². The topological polar surface area (TPSA) is 30.4 Å². The summed E-state index contributed by atoms with van der Waals surface area (Å²) in [5.74, 6) is 1.46. The number of hydrogen-bond donors (Lipinski definition) is 0. The number of benzene rings is 1. The number of hydrogen-bond acceptors (Lipinski definition) is 2. The van der Waals surface area contributed by atoms with Gasteiger partial charge in [0, 0.05) is 5.02 Å². The number of imidazole rings is 1. The molecule has 5 heteroatoms. The molecule has 0 aliphatic rings. The van der Waals surface area contributed by atoms with E-state index >= 15 is 0 Å². The number of halogens is 1. The highest BCUT2D eigenvalue weighted by Crippen LogP contribution is 2.17. The van der Waals surface area contributed by atoms with E-state index in [-0.39, 0.29) is 0 Å². The number of nitrogens with zero attached hydrogens (tertiary/aromatic N) is 3. The number of rotatable bonds is 2. The number of ether oxygens (including phenoxy) is 1. The highest BCUT2D eigenvalue weighted by atomic mass is 35.5. The second-order valence-electron chi connectivity index (χ2n) is 3.94. The summed E-state index contributed by atoms with van der Waals surface area (Å²) >= 11 is 5.84. The Hall–Kier alpha value is -1.81. The van der Waals surface area contributed by atoms with E-state index in [1.54, 1.807) is 19.2 Å². The fourth-order valence-electron chi connectivity index (χ4n) is 1.71. The van der Waals surface area contributed by atoms with E-state index in [1.807, 2.05) is 47.8 Å². The van der Waals surface area contributed by atoms with E-state index < -0.39 is 0 Å². The van der Waals surface area contributed by atoms with E-state index in [0.717, 1.165) is 11.5 Å². The highest BCUT2D eigenvalue weighted by molar-refractivity contribution is 6.30. The predicted molar refractivity (Wildman–Crippen MR) is 71.2 cm³/mol. The molecule has 1 heterocycles. The van der Waals surface area contributed by atoms with E-state index in [9.17, 15) is 0 Å². The van der Waals surface area contributed by atoms with Crippen molar-refractivity contribution in [1.82, 2.24) is 4.57 Å². The van der Waals surface area contributed by atoms with E-state index in [0.29, 0.717) is 10.9 Å². The van der Waals surface area contributed by atoms with Crippen LogP contribution in [0.3, 0.4) is 0 Å². The van der Waals surface area contributed by atoms with Crippen LogP contribution in [0.15, 0.2) is 41.7 Å². The zero-order valence-electron chi connectivity index (χ0n) is 10.6. The maximum atomic E-state index is 5.84. The smallest absolute Gasteiger partial charge is 0.344 e. The zero-order chi connectivity index (χ0) is 13.1. The Morgan fingerprint density at radius 1 is 1.33 bits per heavy atom. The Balaban J connectivity index is 2.43. The zero-order valence-corrected chi connectivity index (χ0v) is 11.3. The molecule has 0 spiro atoms. The number of aliphatic imine (C=N–C) groups is 1. The van der Waals surface area contributed by atoms with Crippen molar-refractivity contribution in [3.05, 3.63) is 47.5 Å². The largest absolute Gasteiger partial charge is 0.475 e. The summed E-state index contributed by atoms with van der Waals surface area (Å²) in [6.45, 7) is 0. The van der Waals surface area contributed by atoms with E-state index in [4.69, 9.17) is 16.3 Å². The molecule has 1 aromatic carbocycles. The lowest BCUT2D eigenvalue weighted by molar-refractivity contribution is -0.672. The third-order valence-corrected chi connectivity index (χ3v) is 2.88. The van der Waals surface area contributed by atoms with Crippen LogP contribution >= 0.6 is 11.6 Å². The summed E-state index contributed by atoms with van der Waals surface area (Å²) in [6, 6.07) is 7.31. The molecule has 0 N–H and O–H groups in total. The van der Waals surface area contributed by atoms with E-state index in [2.05, 4.69) is 4.99 Å². The Morgan fingerprint density at radius 2 is 2.00 bits per heavy atom. The fraction of sp³-hybridized carbons (Fsp3) is 0.231. The molecule has 0 aliphatic heterocycles. The van der Waals surface area contributed by atoms with Gasteiger partial charge >= 0.3 is 11.7 Å². The van der Waals surface area contributed by atoms with Gasteiger partial charge in [0.15, 0.2) is 0 Å². The van der Waals surface area contributed by atoms with Crippen LogP contribution < -0.4 is 4.57 Å². The third-order valence-electron chi connectivity index (χ3n) is 2.62. The van der Waals surface area contributed by atoms with Gasteiger partial charge in [-0.2, -0.15) is 0 Å². The average Bonchev–Trinajstić information content (AvgIpc) is 2.69. The van der Waals surface area contributed by atoms with Crippen molar-refractivity contribution in [2.45, 2.75) is 0 Å². The van der Waals surface area contributed by atoms with Gasteiger partial charge in [0.05, 0.1) is 26.9 Å². The Labute approximate surface area is 111 Å². The molecule has 4 nitrogen and oxygen atoms in total. The van der Waals surface area contributed by atoms with Gasteiger partial charge in [-0.25, -0.2) is 14.1 Å². The minimum atomic E-state index is 0.562. The van der Waals surface area contributed by atoms with Crippen LogP contribution in [-0.4, -0.2) is 17.6 Å². The number of aryl methyl sites for hydroxylation is 2. The van der Waals surface area contributed by atoms with Crippen LogP contribution in [0, 0.1) is 0 Å². The Bertz CT molecular complexity index is 553. The standard InChI is InChI=1S/C13H15ClN3O/c1-16-8-9-17(2)13(16)12(18-3)15-11-6-4-10(14)5-7-11/h4-9H,1-3H3/q+1/b15-12-. The van der Waals surface area contributed by atoms with Crippen LogP contribution in [0.1, 0.15) is 5.82 Å². The quantitative estimate of drug-likeness (QED) is 0.465. The van der Waals surface area contributed by atoms with Gasteiger partial charge in [0.25, 0.3) is 0 Å². The van der Waals surface area contributed by atoms with Crippen molar-refractivity contribution in [2.24, 2.45) is 19.1 Å². The molecule has 2 aromatic rings. The number of aromatic nitrogens is 2.